The molecule has 18 heavy (non-hydrogen) atoms. The number of hydrogen-bond acceptors (Lipinski definition) is 1. The Morgan fingerprint density at radius 1 is 1.00 bits per heavy atom. The third kappa shape index (κ3) is 6.15. The van der Waals surface area contributed by atoms with E-state index in [1.165, 1.54) is 50.7 Å². The standard InChI is InChI=1S/C16H26FN/c1-3-4-5-6-7-8-13-18-14(2)15-9-11-16(17)12-10-15/h9-12,14,18H,3-8,13H2,1-2H3/t14-/m0/s1. The van der Waals surface area contributed by atoms with Crippen molar-refractivity contribution in [2.24, 2.45) is 0 Å². The number of nitrogens with one attached hydrogen (secondary N) is 1. The maximum Gasteiger partial charge on any atom is 0.123 e. The first-order valence-corrected chi connectivity index (χ1v) is 7.23. The molecule has 0 aliphatic carbocycles. The van der Waals surface area contributed by atoms with Crippen LogP contribution in [0, 0.1) is 5.82 Å². The Hall–Kier alpha value is -0.890. The molecule has 2 heteroatoms. The molecule has 0 unspecified atom stereocenters. The summed E-state index contributed by atoms with van der Waals surface area (Å²) in [5, 5.41) is 3.49. The van der Waals surface area contributed by atoms with Gasteiger partial charge in [0.25, 0.3) is 0 Å². The number of hydrogen-bond donors (Lipinski definition) is 1. The minimum absolute atomic E-state index is 0.165. The zero-order valence-electron chi connectivity index (χ0n) is 11.7. The molecule has 0 aliphatic rings. The average Bonchev–Trinajstić information content (AvgIpc) is 2.38. The van der Waals surface area contributed by atoms with Crippen molar-refractivity contribution >= 4 is 0 Å². The van der Waals surface area contributed by atoms with Crippen LogP contribution in [0.3, 0.4) is 0 Å². The second-order valence-corrected chi connectivity index (χ2v) is 5.00. The Morgan fingerprint density at radius 3 is 2.28 bits per heavy atom. The molecule has 1 N–H and O–H groups in total. The van der Waals surface area contributed by atoms with Gasteiger partial charge < -0.3 is 5.32 Å². The van der Waals surface area contributed by atoms with Crippen LogP contribution >= 0.6 is 0 Å². The van der Waals surface area contributed by atoms with Gasteiger partial charge >= 0.3 is 0 Å². The molecule has 1 rings (SSSR count). The molecule has 1 atom stereocenters. The third-order valence-corrected chi connectivity index (χ3v) is 3.35. The fraction of sp³-hybridized carbons (Fsp3) is 0.625. The SMILES string of the molecule is CCCCCCCCN[C@@H](C)c1ccc(F)cc1. The van der Waals surface area contributed by atoms with Crippen LogP contribution in [0.15, 0.2) is 24.3 Å². The molecule has 102 valence electrons. The summed E-state index contributed by atoms with van der Waals surface area (Å²) in [5.41, 5.74) is 1.15. The highest BCUT2D eigenvalue weighted by Crippen LogP contribution is 2.13. The highest BCUT2D eigenvalue weighted by molar-refractivity contribution is 5.19. The summed E-state index contributed by atoms with van der Waals surface area (Å²) in [4.78, 5) is 0. The average molecular weight is 251 g/mol. The van der Waals surface area contributed by atoms with Crippen LogP contribution in [0.2, 0.25) is 0 Å². The largest absolute Gasteiger partial charge is 0.310 e. The second-order valence-electron chi connectivity index (χ2n) is 5.00. The van der Waals surface area contributed by atoms with Gasteiger partial charge in [0.05, 0.1) is 0 Å². The number of unbranched alkanes of at least 4 members (excludes halogenated alkanes) is 5. The summed E-state index contributed by atoms with van der Waals surface area (Å²) in [6, 6.07) is 7.07. The van der Waals surface area contributed by atoms with Crippen LogP contribution in [0.5, 0.6) is 0 Å². The van der Waals surface area contributed by atoms with Gasteiger partial charge in [-0.25, -0.2) is 4.39 Å². The summed E-state index contributed by atoms with van der Waals surface area (Å²) in [5.74, 6) is -0.165. The van der Waals surface area contributed by atoms with Crippen molar-refractivity contribution in [3.63, 3.8) is 0 Å². The van der Waals surface area contributed by atoms with Crippen molar-refractivity contribution in [2.45, 2.75) is 58.4 Å². The lowest BCUT2D eigenvalue weighted by atomic mass is 10.1. The van der Waals surface area contributed by atoms with Crippen molar-refractivity contribution in [2.75, 3.05) is 6.54 Å². The van der Waals surface area contributed by atoms with Gasteiger partial charge in [0.1, 0.15) is 5.82 Å². The molecule has 1 aromatic rings. The normalized spacial score (nSPS) is 12.6. The van der Waals surface area contributed by atoms with E-state index >= 15 is 0 Å². The maximum atomic E-state index is 12.8. The van der Waals surface area contributed by atoms with E-state index in [2.05, 4.69) is 19.2 Å². The molecule has 1 aromatic carbocycles. The van der Waals surface area contributed by atoms with Gasteiger partial charge in [0.15, 0.2) is 0 Å². The lowest BCUT2D eigenvalue weighted by Gasteiger charge is -2.14. The molecule has 0 aliphatic heterocycles. The first kappa shape index (κ1) is 15.2. The predicted octanol–water partition coefficient (Wildman–Crippen LogP) is 4.84. The minimum Gasteiger partial charge on any atom is -0.310 e. The van der Waals surface area contributed by atoms with Crippen molar-refractivity contribution < 1.29 is 4.39 Å². The maximum absolute atomic E-state index is 12.8. The molecule has 0 spiro atoms. The summed E-state index contributed by atoms with van der Waals surface area (Å²) in [7, 11) is 0. The van der Waals surface area contributed by atoms with Gasteiger partial charge in [0, 0.05) is 6.04 Å². The zero-order chi connectivity index (χ0) is 13.2. The fourth-order valence-corrected chi connectivity index (χ4v) is 2.09. The zero-order valence-corrected chi connectivity index (χ0v) is 11.7. The second kappa shape index (κ2) is 9.09. The summed E-state index contributed by atoms with van der Waals surface area (Å²) < 4.78 is 12.8. The molecule has 1 nitrogen and oxygen atoms in total. The van der Waals surface area contributed by atoms with E-state index in [4.69, 9.17) is 0 Å². The smallest absolute Gasteiger partial charge is 0.123 e. The van der Waals surface area contributed by atoms with Gasteiger partial charge in [-0.15, -0.1) is 0 Å². The van der Waals surface area contributed by atoms with Gasteiger partial charge in [-0.1, -0.05) is 51.2 Å². The minimum atomic E-state index is -0.165. The number of halogens is 1. The van der Waals surface area contributed by atoms with Crippen molar-refractivity contribution in [1.29, 1.82) is 0 Å². The van der Waals surface area contributed by atoms with Gasteiger partial charge in [-0.05, 0) is 37.6 Å². The van der Waals surface area contributed by atoms with Gasteiger partial charge in [-0.3, -0.25) is 0 Å². The van der Waals surface area contributed by atoms with E-state index in [0.717, 1.165) is 12.1 Å². The monoisotopic (exact) mass is 251 g/mol. The summed E-state index contributed by atoms with van der Waals surface area (Å²) in [6.07, 6.45) is 7.92. The topological polar surface area (TPSA) is 12.0 Å². The molecule has 0 bridgehead atoms. The molecule has 0 amide bonds. The Balaban J connectivity index is 2.10. The predicted molar refractivity (Wildman–Crippen MR) is 76.2 cm³/mol. The van der Waals surface area contributed by atoms with E-state index in [1.54, 1.807) is 0 Å². The molecular weight excluding hydrogens is 225 g/mol. The van der Waals surface area contributed by atoms with Crippen molar-refractivity contribution in [3.05, 3.63) is 35.6 Å². The van der Waals surface area contributed by atoms with Crippen molar-refractivity contribution in [1.82, 2.24) is 5.32 Å². The van der Waals surface area contributed by atoms with Gasteiger partial charge in [0.2, 0.25) is 0 Å². The van der Waals surface area contributed by atoms with Crippen LogP contribution in [0.25, 0.3) is 0 Å². The van der Waals surface area contributed by atoms with E-state index in [1.807, 2.05) is 12.1 Å². The lowest BCUT2D eigenvalue weighted by molar-refractivity contribution is 0.526. The molecule has 0 radical (unpaired) electrons. The number of rotatable bonds is 9. The highest BCUT2D eigenvalue weighted by Gasteiger charge is 2.03. The fourth-order valence-electron chi connectivity index (χ4n) is 2.09. The number of benzene rings is 1. The molecule has 0 heterocycles. The Labute approximate surface area is 111 Å². The van der Waals surface area contributed by atoms with E-state index in [0.29, 0.717) is 6.04 Å². The molecule has 0 saturated carbocycles. The molecule has 0 saturated heterocycles. The highest BCUT2D eigenvalue weighted by atomic mass is 19.1. The van der Waals surface area contributed by atoms with Crippen LogP contribution in [-0.4, -0.2) is 6.54 Å². The Kier molecular flexibility index (Phi) is 7.66. The Morgan fingerprint density at radius 2 is 1.61 bits per heavy atom. The van der Waals surface area contributed by atoms with Crippen LogP contribution < -0.4 is 5.32 Å². The van der Waals surface area contributed by atoms with E-state index in [9.17, 15) is 4.39 Å². The quantitative estimate of drug-likeness (QED) is 0.619. The first-order valence-electron chi connectivity index (χ1n) is 7.23. The van der Waals surface area contributed by atoms with Crippen LogP contribution in [0.4, 0.5) is 4.39 Å². The van der Waals surface area contributed by atoms with Crippen LogP contribution in [0.1, 0.15) is 64.0 Å². The summed E-state index contributed by atoms with van der Waals surface area (Å²) >= 11 is 0. The molecule has 0 fully saturated rings. The van der Waals surface area contributed by atoms with E-state index in [-0.39, 0.29) is 5.82 Å². The Bertz CT molecular complexity index is 307. The molecule has 0 aromatic heterocycles. The van der Waals surface area contributed by atoms with Gasteiger partial charge in [-0.2, -0.15) is 0 Å². The van der Waals surface area contributed by atoms with Crippen LogP contribution in [-0.2, 0) is 0 Å². The first-order chi connectivity index (χ1) is 8.74. The molecular formula is C16H26FN. The van der Waals surface area contributed by atoms with Crippen molar-refractivity contribution in [3.8, 4) is 0 Å². The lowest BCUT2D eigenvalue weighted by Crippen LogP contribution is -2.19. The third-order valence-electron chi connectivity index (χ3n) is 3.35. The van der Waals surface area contributed by atoms with E-state index < -0.39 is 0 Å². The summed E-state index contributed by atoms with van der Waals surface area (Å²) in [6.45, 7) is 5.42.